The van der Waals surface area contributed by atoms with Crippen LogP contribution in [0, 0.1) is 6.92 Å². The standard InChI is InChI=1S/C24H29N3O4/c1-4-31-18-10-12-27(20(14-18)16-5-7-17(8-6-16)24(28)29)26-23-19-9-11-25-22(19)15(2)13-21(23)30-3/h5-9,11,13,18,20,25-26H,4,10,12,14H2,1-3H3,(H,28,29)/t18-,20+/m1/s1. The van der Waals surface area contributed by atoms with E-state index in [0.717, 1.165) is 52.9 Å². The molecule has 31 heavy (non-hydrogen) atoms. The summed E-state index contributed by atoms with van der Waals surface area (Å²) in [7, 11) is 1.68. The first-order valence-electron chi connectivity index (χ1n) is 10.6. The van der Waals surface area contributed by atoms with Crippen LogP contribution in [0.15, 0.2) is 42.6 Å². The fraction of sp³-hybridized carbons (Fsp3) is 0.375. The minimum absolute atomic E-state index is 0.0353. The van der Waals surface area contributed by atoms with Crippen LogP contribution in [0.1, 0.15) is 47.3 Å². The molecule has 1 aromatic heterocycles. The Hall–Kier alpha value is -3.03. The molecule has 4 rings (SSSR count). The normalized spacial score (nSPS) is 19.5. The summed E-state index contributed by atoms with van der Waals surface area (Å²) in [5.41, 5.74) is 8.09. The molecule has 3 aromatic rings. The number of hydrogen-bond donors (Lipinski definition) is 3. The second kappa shape index (κ2) is 8.99. The number of ether oxygens (including phenoxy) is 2. The number of rotatable bonds is 7. The number of carbonyl (C=O) groups is 1. The number of carboxylic acid groups (broad SMARTS) is 1. The number of hydrazine groups is 1. The van der Waals surface area contributed by atoms with Crippen molar-refractivity contribution in [1.29, 1.82) is 0 Å². The quantitative estimate of drug-likeness (QED) is 0.508. The van der Waals surface area contributed by atoms with Crippen molar-refractivity contribution in [2.75, 3.05) is 25.7 Å². The van der Waals surface area contributed by atoms with Gasteiger partial charge in [0, 0.05) is 24.7 Å². The lowest BCUT2D eigenvalue weighted by molar-refractivity contribution is -0.00365. The Kier molecular flexibility index (Phi) is 6.15. The van der Waals surface area contributed by atoms with Crippen LogP contribution in [0.5, 0.6) is 5.75 Å². The Bertz CT molecular complexity index is 1060. The van der Waals surface area contributed by atoms with E-state index in [4.69, 9.17) is 9.47 Å². The van der Waals surface area contributed by atoms with Crippen LogP contribution in [0.2, 0.25) is 0 Å². The zero-order valence-electron chi connectivity index (χ0n) is 18.1. The lowest BCUT2D eigenvalue weighted by Gasteiger charge is -2.40. The second-order valence-electron chi connectivity index (χ2n) is 7.89. The number of carboxylic acids is 1. The smallest absolute Gasteiger partial charge is 0.335 e. The number of methoxy groups -OCH3 is 1. The average molecular weight is 424 g/mol. The number of H-pyrrole nitrogens is 1. The van der Waals surface area contributed by atoms with E-state index in [1.54, 1.807) is 19.2 Å². The first-order valence-corrected chi connectivity index (χ1v) is 10.6. The molecule has 2 atom stereocenters. The maximum absolute atomic E-state index is 11.3. The first-order chi connectivity index (χ1) is 15.0. The third-order valence-electron chi connectivity index (χ3n) is 5.98. The number of benzene rings is 2. The summed E-state index contributed by atoms with van der Waals surface area (Å²) in [6, 6.07) is 11.2. The summed E-state index contributed by atoms with van der Waals surface area (Å²) in [5, 5.41) is 12.5. The minimum Gasteiger partial charge on any atom is -0.495 e. The molecule has 164 valence electrons. The van der Waals surface area contributed by atoms with E-state index in [2.05, 4.69) is 28.4 Å². The Morgan fingerprint density at radius 1 is 1.29 bits per heavy atom. The van der Waals surface area contributed by atoms with Gasteiger partial charge in [-0.3, -0.25) is 0 Å². The predicted molar refractivity (Wildman–Crippen MR) is 121 cm³/mol. The Balaban J connectivity index is 1.69. The number of aromatic nitrogens is 1. The lowest BCUT2D eigenvalue weighted by atomic mass is 9.94. The van der Waals surface area contributed by atoms with Gasteiger partial charge >= 0.3 is 5.97 Å². The molecule has 7 nitrogen and oxygen atoms in total. The highest BCUT2D eigenvalue weighted by molar-refractivity contribution is 5.97. The van der Waals surface area contributed by atoms with Crippen molar-refractivity contribution in [3.63, 3.8) is 0 Å². The van der Waals surface area contributed by atoms with Crippen LogP contribution in [-0.4, -0.2) is 47.4 Å². The number of aromatic carboxylic acids is 1. The van der Waals surface area contributed by atoms with Crippen molar-refractivity contribution in [1.82, 2.24) is 9.99 Å². The number of nitrogens with one attached hydrogen (secondary N) is 2. The van der Waals surface area contributed by atoms with Crippen molar-refractivity contribution < 1.29 is 19.4 Å². The molecular weight excluding hydrogens is 394 g/mol. The van der Waals surface area contributed by atoms with Gasteiger partial charge in [-0.1, -0.05) is 12.1 Å². The average Bonchev–Trinajstić information content (AvgIpc) is 3.27. The van der Waals surface area contributed by atoms with Gasteiger partial charge in [0.2, 0.25) is 0 Å². The van der Waals surface area contributed by atoms with Crippen LogP contribution in [-0.2, 0) is 4.74 Å². The maximum Gasteiger partial charge on any atom is 0.335 e. The fourth-order valence-corrected chi connectivity index (χ4v) is 4.42. The molecule has 0 amide bonds. The topological polar surface area (TPSA) is 86.8 Å². The number of piperidine rings is 1. The largest absolute Gasteiger partial charge is 0.495 e. The van der Waals surface area contributed by atoms with Crippen molar-refractivity contribution in [2.24, 2.45) is 0 Å². The van der Waals surface area contributed by atoms with Crippen molar-refractivity contribution >= 4 is 22.6 Å². The summed E-state index contributed by atoms with van der Waals surface area (Å²) in [4.78, 5) is 14.6. The summed E-state index contributed by atoms with van der Waals surface area (Å²) in [5.74, 6) is -0.131. The van der Waals surface area contributed by atoms with Gasteiger partial charge in [0.1, 0.15) is 11.4 Å². The predicted octanol–water partition coefficient (Wildman–Crippen LogP) is 4.75. The zero-order chi connectivity index (χ0) is 22.0. The molecule has 1 aliphatic heterocycles. The van der Waals surface area contributed by atoms with Gasteiger partial charge in [0.05, 0.1) is 30.3 Å². The monoisotopic (exact) mass is 423 g/mol. The van der Waals surface area contributed by atoms with E-state index < -0.39 is 5.97 Å². The van der Waals surface area contributed by atoms with Gasteiger partial charge in [-0.05, 0) is 62.1 Å². The number of nitrogens with zero attached hydrogens (tertiary/aromatic N) is 1. The second-order valence-corrected chi connectivity index (χ2v) is 7.89. The molecule has 1 fully saturated rings. The van der Waals surface area contributed by atoms with Crippen molar-refractivity contribution in [3.05, 3.63) is 59.3 Å². The highest BCUT2D eigenvalue weighted by Crippen LogP contribution is 2.39. The molecule has 2 aromatic carbocycles. The van der Waals surface area contributed by atoms with Gasteiger partial charge in [-0.25, -0.2) is 9.80 Å². The summed E-state index contributed by atoms with van der Waals surface area (Å²) in [6.45, 7) is 5.55. The van der Waals surface area contributed by atoms with Gasteiger partial charge in [-0.2, -0.15) is 0 Å². The SMILES string of the molecule is CCO[C@@H]1CCN(Nc2c(OC)cc(C)c3[nH]ccc23)[C@H](c2ccc(C(=O)O)cc2)C1. The number of aryl methyl sites for hydroxylation is 1. The highest BCUT2D eigenvalue weighted by atomic mass is 16.5. The fourth-order valence-electron chi connectivity index (χ4n) is 4.42. The Morgan fingerprint density at radius 3 is 2.74 bits per heavy atom. The van der Waals surface area contributed by atoms with Crippen LogP contribution < -0.4 is 10.2 Å². The van der Waals surface area contributed by atoms with E-state index in [-0.39, 0.29) is 17.7 Å². The van der Waals surface area contributed by atoms with Crippen LogP contribution >= 0.6 is 0 Å². The van der Waals surface area contributed by atoms with Crippen molar-refractivity contribution in [2.45, 2.75) is 38.8 Å². The molecule has 7 heteroatoms. The molecular formula is C24H29N3O4. The number of anilines is 1. The number of aromatic amines is 1. The van der Waals surface area contributed by atoms with E-state index in [0.29, 0.717) is 6.61 Å². The van der Waals surface area contributed by atoms with Gasteiger partial charge < -0.3 is 25.0 Å². The van der Waals surface area contributed by atoms with E-state index >= 15 is 0 Å². The summed E-state index contributed by atoms with van der Waals surface area (Å²) < 4.78 is 11.6. The molecule has 3 N–H and O–H groups in total. The molecule has 0 saturated carbocycles. The van der Waals surface area contributed by atoms with Crippen molar-refractivity contribution in [3.8, 4) is 5.75 Å². The molecule has 2 heterocycles. The molecule has 0 unspecified atom stereocenters. The first kappa shape index (κ1) is 21.2. The number of hydrogen-bond acceptors (Lipinski definition) is 5. The Labute approximate surface area is 181 Å². The molecule has 1 saturated heterocycles. The van der Waals surface area contributed by atoms with Crippen LogP contribution in [0.25, 0.3) is 10.9 Å². The molecule has 1 aliphatic rings. The highest BCUT2D eigenvalue weighted by Gasteiger charge is 2.31. The molecule has 0 bridgehead atoms. The Morgan fingerprint density at radius 2 is 2.06 bits per heavy atom. The lowest BCUT2D eigenvalue weighted by Crippen LogP contribution is -2.43. The van der Waals surface area contributed by atoms with Gasteiger partial charge in [0.15, 0.2) is 0 Å². The van der Waals surface area contributed by atoms with Gasteiger partial charge in [-0.15, -0.1) is 0 Å². The maximum atomic E-state index is 11.3. The van der Waals surface area contributed by atoms with E-state index in [9.17, 15) is 9.90 Å². The van der Waals surface area contributed by atoms with Crippen LogP contribution in [0.3, 0.4) is 0 Å². The van der Waals surface area contributed by atoms with E-state index in [1.165, 1.54) is 0 Å². The third-order valence-corrected chi connectivity index (χ3v) is 5.98. The van der Waals surface area contributed by atoms with E-state index in [1.807, 2.05) is 31.3 Å². The number of fused-ring (bicyclic) bond motifs is 1. The summed E-state index contributed by atoms with van der Waals surface area (Å²) >= 11 is 0. The minimum atomic E-state index is -0.920. The molecule has 0 spiro atoms. The van der Waals surface area contributed by atoms with Gasteiger partial charge in [0.25, 0.3) is 0 Å². The third kappa shape index (κ3) is 4.24. The molecule has 0 aliphatic carbocycles. The van der Waals surface area contributed by atoms with Crippen LogP contribution in [0.4, 0.5) is 5.69 Å². The summed E-state index contributed by atoms with van der Waals surface area (Å²) in [6.07, 6.45) is 3.83. The molecule has 0 radical (unpaired) electrons. The zero-order valence-corrected chi connectivity index (χ0v) is 18.1.